The van der Waals surface area contributed by atoms with E-state index in [-0.39, 0.29) is 118 Å². The van der Waals surface area contributed by atoms with Crippen molar-refractivity contribution in [2.24, 2.45) is 0 Å². The van der Waals surface area contributed by atoms with Gasteiger partial charge in [0.1, 0.15) is 24.4 Å². The van der Waals surface area contributed by atoms with Crippen molar-refractivity contribution in [2.45, 2.75) is 263 Å². The van der Waals surface area contributed by atoms with Crippen LogP contribution < -0.4 is 0 Å². The number of ether oxygens (including phenoxy) is 4. The summed E-state index contributed by atoms with van der Waals surface area (Å²) in [6, 6.07) is 0. The molecule has 0 N–H and O–H groups in total. The molecule has 0 bridgehead atoms. The Hall–Kier alpha value is -2.28. The molecule has 0 spiro atoms. The van der Waals surface area contributed by atoms with Crippen molar-refractivity contribution in [3.8, 4) is 0 Å². The second-order valence-corrected chi connectivity index (χ2v) is 23.5. The predicted octanol–water partition coefficient (Wildman–Crippen LogP) is 8.70. The number of esters is 4. The molecule has 4 saturated heterocycles. The van der Waals surface area contributed by atoms with Gasteiger partial charge in [-0.2, -0.15) is 0 Å². The number of nitrogens with zero attached hydrogens (tertiary/aromatic N) is 4. The number of hydrogen-bond acceptors (Lipinski definition) is 12. The molecule has 0 aromatic rings. The van der Waals surface area contributed by atoms with Crippen molar-refractivity contribution in [2.75, 3.05) is 28.2 Å². The van der Waals surface area contributed by atoms with E-state index in [1.165, 1.54) is 0 Å². The minimum absolute atomic E-state index is 0.0625. The Balaban J connectivity index is 0.000000325. The maximum Gasteiger partial charge on any atom is 0.306 e. The van der Waals surface area contributed by atoms with Gasteiger partial charge >= 0.3 is 23.9 Å². The van der Waals surface area contributed by atoms with Gasteiger partial charge < -0.3 is 18.9 Å². The van der Waals surface area contributed by atoms with Crippen LogP contribution >= 0.6 is 0 Å². The lowest BCUT2D eigenvalue weighted by molar-refractivity contribution is -0.173. The largest absolute Gasteiger partial charge is 0.460 e. The first-order valence-electron chi connectivity index (χ1n) is 23.3. The SMILES string of the molecule is CN1C(C)(C)CCC(OC(=O)CCC(=O)OC2CCC(C)(C)N(C)C2(C)C)C1(C)C.CN1C(C)(C)CCC(OC(=O)CCCC(=O)OC2CCC(C)(C)N(C)C2(C)C)C1(C)C. The van der Waals surface area contributed by atoms with Crippen LogP contribution in [0.2, 0.25) is 0 Å². The molecule has 0 radical (unpaired) electrons. The fourth-order valence-corrected chi connectivity index (χ4v) is 10.3. The van der Waals surface area contributed by atoms with E-state index in [2.05, 4.69) is 159 Å². The second kappa shape index (κ2) is 19.1. The van der Waals surface area contributed by atoms with Gasteiger partial charge in [0.05, 0.1) is 35.0 Å². The summed E-state index contributed by atoms with van der Waals surface area (Å²) in [4.78, 5) is 59.1. The average molecular weight is 863 g/mol. The summed E-state index contributed by atoms with van der Waals surface area (Å²) in [7, 11) is 8.37. The molecule has 12 nitrogen and oxygen atoms in total. The monoisotopic (exact) mass is 863 g/mol. The molecule has 354 valence electrons. The van der Waals surface area contributed by atoms with E-state index in [1.54, 1.807) is 0 Å². The van der Waals surface area contributed by atoms with Gasteiger partial charge in [0.2, 0.25) is 0 Å². The van der Waals surface area contributed by atoms with Gasteiger partial charge in [-0.15, -0.1) is 0 Å². The van der Waals surface area contributed by atoms with Gasteiger partial charge in [-0.3, -0.25) is 38.8 Å². The van der Waals surface area contributed by atoms with Gasteiger partial charge in [-0.1, -0.05) is 0 Å². The molecule has 0 saturated carbocycles. The summed E-state index contributed by atoms with van der Waals surface area (Å²) in [5.41, 5.74) is -0.609. The van der Waals surface area contributed by atoms with Crippen molar-refractivity contribution in [3.63, 3.8) is 0 Å². The molecule has 4 heterocycles. The number of piperidine rings is 4. The van der Waals surface area contributed by atoms with E-state index >= 15 is 0 Å². The highest BCUT2D eigenvalue weighted by Crippen LogP contribution is 2.42. The van der Waals surface area contributed by atoms with Gasteiger partial charge in [-0.05, 0) is 197 Å². The second-order valence-electron chi connectivity index (χ2n) is 23.5. The highest BCUT2D eigenvalue weighted by atomic mass is 16.6. The zero-order valence-corrected chi connectivity index (χ0v) is 42.6. The van der Waals surface area contributed by atoms with Crippen molar-refractivity contribution in [1.82, 2.24) is 19.6 Å². The van der Waals surface area contributed by atoms with E-state index in [1.807, 2.05) is 0 Å². The first-order valence-corrected chi connectivity index (χ1v) is 23.3. The Morgan fingerprint density at radius 2 is 0.541 bits per heavy atom. The maximum atomic E-state index is 12.5. The van der Waals surface area contributed by atoms with Crippen LogP contribution in [-0.4, -0.2) is 140 Å². The van der Waals surface area contributed by atoms with Crippen LogP contribution in [-0.2, 0) is 38.1 Å². The Kier molecular flexibility index (Phi) is 16.6. The van der Waals surface area contributed by atoms with Crippen LogP contribution in [0.3, 0.4) is 0 Å². The number of likely N-dealkylation sites (tertiary alicyclic amines) is 4. The molecule has 4 aliphatic heterocycles. The van der Waals surface area contributed by atoms with E-state index in [4.69, 9.17) is 18.9 Å². The third-order valence-corrected chi connectivity index (χ3v) is 16.7. The molecule has 0 aromatic carbocycles. The Morgan fingerprint density at radius 3 is 0.738 bits per heavy atom. The van der Waals surface area contributed by atoms with Gasteiger partial charge in [-0.25, -0.2) is 0 Å². The number of rotatable bonds is 11. The predicted molar refractivity (Wildman–Crippen MR) is 243 cm³/mol. The topological polar surface area (TPSA) is 118 Å². The highest BCUT2D eigenvalue weighted by Gasteiger charge is 2.50. The fraction of sp³-hybridized carbons (Fsp3) is 0.918. The number of hydrogen-bond donors (Lipinski definition) is 0. The van der Waals surface area contributed by atoms with E-state index in [0.717, 1.165) is 51.4 Å². The average Bonchev–Trinajstić information content (AvgIpc) is 3.13. The van der Waals surface area contributed by atoms with Crippen LogP contribution in [0.25, 0.3) is 0 Å². The molecule has 4 aliphatic rings. The van der Waals surface area contributed by atoms with Crippen molar-refractivity contribution < 1.29 is 38.1 Å². The first-order chi connectivity index (χ1) is 27.5. The lowest BCUT2D eigenvalue weighted by atomic mass is 9.78. The Bertz CT molecular complexity index is 1440. The lowest BCUT2D eigenvalue weighted by Gasteiger charge is -2.54. The van der Waals surface area contributed by atoms with Crippen LogP contribution in [0.5, 0.6) is 0 Å². The lowest BCUT2D eigenvalue weighted by Crippen LogP contribution is -2.63. The van der Waals surface area contributed by atoms with Crippen molar-refractivity contribution in [1.29, 1.82) is 0 Å². The summed E-state index contributed by atoms with van der Waals surface area (Å²) < 4.78 is 23.3. The molecule has 4 unspecified atom stereocenters. The third-order valence-electron chi connectivity index (χ3n) is 16.7. The van der Waals surface area contributed by atoms with Crippen LogP contribution in [0.4, 0.5) is 0 Å². The molecular weight excluding hydrogens is 773 g/mol. The molecule has 4 atom stereocenters. The van der Waals surface area contributed by atoms with E-state index in [9.17, 15) is 19.2 Å². The quantitative estimate of drug-likeness (QED) is 0.146. The summed E-state index contributed by atoms with van der Waals surface area (Å²) >= 11 is 0. The molecule has 4 fully saturated rings. The van der Waals surface area contributed by atoms with Gasteiger partial charge in [0.25, 0.3) is 0 Å². The van der Waals surface area contributed by atoms with Gasteiger partial charge in [0.15, 0.2) is 0 Å². The number of carbonyl (C=O) groups excluding carboxylic acids is 4. The normalized spacial score (nSPS) is 30.2. The molecule has 61 heavy (non-hydrogen) atoms. The van der Waals surface area contributed by atoms with Crippen LogP contribution in [0.15, 0.2) is 0 Å². The maximum absolute atomic E-state index is 12.5. The summed E-state index contributed by atoms with van der Waals surface area (Å²) in [5, 5.41) is 0. The summed E-state index contributed by atoms with van der Waals surface area (Å²) in [5.74, 6) is -1.09. The van der Waals surface area contributed by atoms with Gasteiger partial charge in [0, 0.05) is 35.0 Å². The zero-order valence-electron chi connectivity index (χ0n) is 42.6. The highest BCUT2D eigenvalue weighted by molar-refractivity contribution is 5.78. The zero-order chi connectivity index (χ0) is 46.9. The number of carbonyl (C=O) groups is 4. The van der Waals surface area contributed by atoms with Crippen LogP contribution in [0, 0.1) is 0 Å². The van der Waals surface area contributed by atoms with E-state index in [0.29, 0.717) is 6.42 Å². The number of likely N-dealkylation sites (N-methyl/N-ethyl adjacent to an activating group) is 4. The summed E-state index contributed by atoms with van der Waals surface area (Å²) in [6.45, 7) is 34.8. The standard InChI is InChI=1S/C25H46N2O4.C24H44N2O4/c1-22(2)16-14-18(24(5,6)26(22)9)30-20(28)12-11-13-21(29)31-19-15-17-23(3,4)27(10)25(19,7)8;1-21(2)15-13-17(23(5,6)25(21)9)29-19(27)11-12-20(28)30-18-14-16-22(3,4)26(10)24(18,7)8/h18-19H,11-17H2,1-10H3;17-18H,11-16H2,1-10H3. The molecule has 0 amide bonds. The first kappa shape index (κ1) is 53.1. The minimum atomic E-state index is -0.320. The molecule has 12 heteroatoms. The third kappa shape index (κ3) is 12.3. The Morgan fingerprint density at radius 1 is 0.361 bits per heavy atom. The molecular formula is C49H90N4O8. The van der Waals surface area contributed by atoms with Crippen LogP contribution in [0.1, 0.15) is 194 Å². The minimum Gasteiger partial charge on any atom is -0.460 e. The van der Waals surface area contributed by atoms with Crippen molar-refractivity contribution >= 4 is 23.9 Å². The fourth-order valence-electron chi connectivity index (χ4n) is 10.3. The molecule has 4 rings (SSSR count). The van der Waals surface area contributed by atoms with Crippen molar-refractivity contribution in [3.05, 3.63) is 0 Å². The Labute approximate surface area is 371 Å². The van der Waals surface area contributed by atoms with E-state index < -0.39 is 0 Å². The smallest absolute Gasteiger partial charge is 0.306 e. The summed E-state index contributed by atoms with van der Waals surface area (Å²) in [6.07, 6.45) is 7.75. The molecule has 0 aliphatic carbocycles. The molecule has 0 aromatic heterocycles.